The molecule has 0 aliphatic heterocycles. The van der Waals surface area contributed by atoms with E-state index >= 15 is 0 Å². The zero-order valence-electron chi connectivity index (χ0n) is 10.7. The third-order valence-electron chi connectivity index (χ3n) is 2.64. The van der Waals surface area contributed by atoms with Crippen LogP contribution in [-0.2, 0) is 0 Å². The molecule has 2 aromatic rings. The van der Waals surface area contributed by atoms with Crippen LogP contribution in [0.3, 0.4) is 0 Å². The van der Waals surface area contributed by atoms with Gasteiger partial charge in [-0.15, -0.1) is 0 Å². The van der Waals surface area contributed by atoms with E-state index in [0.29, 0.717) is 17.3 Å². The molecule has 0 fully saturated rings. The molecule has 0 saturated carbocycles. The van der Waals surface area contributed by atoms with Crippen molar-refractivity contribution in [2.45, 2.75) is 6.10 Å². The predicted octanol–water partition coefficient (Wildman–Crippen LogP) is 3.95. The molecule has 0 radical (unpaired) electrons. The molecule has 20 heavy (non-hydrogen) atoms. The van der Waals surface area contributed by atoms with Crippen LogP contribution in [0.5, 0.6) is 5.75 Å². The van der Waals surface area contributed by atoms with Gasteiger partial charge in [0.1, 0.15) is 18.5 Å². The number of aliphatic hydroxyl groups is 1. The first-order valence-electron chi connectivity index (χ1n) is 6.19. The first-order valence-corrected chi connectivity index (χ1v) is 7.36. The van der Waals surface area contributed by atoms with Crippen molar-refractivity contribution in [3.8, 4) is 5.75 Å². The van der Waals surface area contributed by atoms with Crippen LogP contribution in [-0.4, -0.2) is 24.4 Å². The minimum atomic E-state index is -0.589. The van der Waals surface area contributed by atoms with Crippen molar-refractivity contribution in [3.63, 3.8) is 0 Å². The zero-order chi connectivity index (χ0) is 14.4. The Morgan fingerprint density at radius 3 is 2.40 bits per heavy atom. The maximum absolute atomic E-state index is 9.86. The lowest BCUT2D eigenvalue weighted by atomic mass is 10.3. The summed E-state index contributed by atoms with van der Waals surface area (Å²) in [5.74, 6) is 0.692. The van der Waals surface area contributed by atoms with Gasteiger partial charge in [0.2, 0.25) is 0 Å². The monoisotopic (exact) mass is 355 g/mol. The third-order valence-corrected chi connectivity index (χ3v) is 3.42. The summed E-state index contributed by atoms with van der Waals surface area (Å²) < 4.78 is 6.50. The van der Waals surface area contributed by atoms with Gasteiger partial charge in [-0.25, -0.2) is 0 Å². The molecule has 0 aliphatic rings. The van der Waals surface area contributed by atoms with Crippen LogP contribution in [0.1, 0.15) is 0 Å². The Balaban J connectivity index is 1.73. The lowest BCUT2D eigenvalue weighted by Crippen LogP contribution is -2.26. The van der Waals surface area contributed by atoms with Gasteiger partial charge in [-0.3, -0.25) is 0 Å². The van der Waals surface area contributed by atoms with E-state index in [-0.39, 0.29) is 6.61 Å². The Kier molecular flexibility index (Phi) is 5.71. The van der Waals surface area contributed by atoms with E-state index in [1.165, 1.54) is 0 Å². The summed E-state index contributed by atoms with van der Waals surface area (Å²) in [6.07, 6.45) is -0.589. The Bertz CT molecular complexity index is 481. The standard InChI is InChI=1S/C15H15BrClNO2/c16-11-1-5-13(6-2-11)18-9-14(19)10-20-15-7-3-12(17)4-8-15/h1-8,14,18-19H,9-10H2. The van der Waals surface area contributed by atoms with E-state index in [0.717, 1.165) is 10.2 Å². The molecule has 0 aliphatic carbocycles. The van der Waals surface area contributed by atoms with Gasteiger partial charge in [-0.05, 0) is 48.5 Å². The molecule has 0 amide bonds. The zero-order valence-corrected chi connectivity index (χ0v) is 13.1. The summed E-state index contributed by atoms with van der Waals surface area (Å²) in [6, 6.07) is 14.8. The van der Waals surface area contributed by atoms with Crippen LogP contribution in [0.2, 0.25) is 5.02 Å². The highest BCUT2D eigenvalue weighted by Crippen LogP contribution is 2.16. The van der Waals surface area contributed by atoms with Crippen LogP contribution in [0, 0.1) is 0 Å². The molecule has 2 aromatic carbocycles. The maximum atomic E-state index is 9.86. The fraction of sp³-hybridized carbons (Fsp3) is 0.200. The molecule has 0 heterocycles. The number of benzene rings is 2. The van der Waals surface area contributed by atoms with Gasteiger partial charge < -0.3 is 15.2 Å². The molecule has 0 bridgehead atoms. The molecule has 5 heteroatoms. The van der Waals surface area contributed by atoms with E-state index in [4.69, 9.17) is 16.3 Å². The average molecular weight is 357 g/mol. The van der Waals surface area contributed by atoms with Gasteiger partial charge in [0.15, 0.2) is 0 Å². The Labute approximate surface area is 131 Å². The van der Waals surface area contributed by atoms with E-state index in [1.54, 1.807) is 24.3 Å². The normalized spacial score (nSPS) is 11.9. The third kappa shape index (κ3) is 5.04. The Morgan fingerprint density at radius 1 is 1.10 bits per heavy atom. The summed E-state index contributed by atoms with van der Waals surface area (Å²) in [7, 11) is 0. The molecule has 106 valence electrons. The van der Waals surface area contributed by atoms with Crippen LogP contribution in [0.25, 0.3) is 0 Å². The van der Waals surface area contributed by atoms with Crippen molar-refractivity contribution >= 4 is 33.2 Å². The van der Waals surface area contributed by atoms with Crippen molar-refractivity contribution in [2.75, 3.05) is 18.5 Å². The fourth-order valence-electron chi connectivity index (χ4n) is 1.59. The van der Waals surface area contributed by atoms with E-state index in [1.807, 2.05) is 24.3 Å². The smallest absolute Gasteiger partial charge is 0.119 e. The number of hydrogen-bond donors (Lipinski definition) is 2. The molecular weight excluding hydrogens is 342 g/mol. The van der Waals surface area contributed by atoms with Gasteiger partial charge in [-0.2, -0.15) is 0 Å². The molecule has 2 N–H and O–H groups in total. The minimum absolute atomic E-state index is 0.227. The number of rotatable bonds is 6. The van der Waals surface area contributed by atoms with Crippen molar-refractivity contribution < 1.29 is 9.84 Å². The number of ether oxygens (including phenoxy) is 1. The highest BCUT2D eigenvalue weighted by molar-refractivity contribution is 9.10. The van der Waals surface area contributed by atoms with Crippen LogP contribution in [0.15, 0.2) is 53.0 Å². The molecule has 2 rings (SSSR count). The van der Waals surface area contributed by atoms with Crippen LogP contribution in [0.4, 0.5) is 5.69 Å². The summed E-state index contributed by atoms with van der Waals surface area (Å²) in [5.41, 5.74) is 0.957. The van der Waals surface area contributed by atoms with E-state index in [2.05, 4.69) is 21.2 Å². The molecule has 1 atom stereocenters. The van der Waals surface area contributed by atoms with Crippen LogP contribution < -0.4 is 10.1 Å². The summed E-state index contributed by atoms with van der Waals surface area (Å²) in [4.78, 5) is 0. The first-order chi connectivity index (χ1) is 9.63. The van der Waals surface area contributed by atoms with Gasteiger partial charge >= 0.3 is 0 Å². The summed E-state index contributed by atoms with van der Waals surface area (Å²) >= 11 is 9.16. The lowest BCUT2D eigenvalue weighted by Gasteiger charge is -2.14. The van der Waals surface area contributed by atoms with Gasteiger partial charge in [0.25, 0.3) is 0 Å². The van der Waals surface area contributed by atoms with Gasteiger partial charge in [-0.1, -0.05) is 27.5 Å². The number of nitrogens with one attached hydrogen (secondary N) is 1. The number of hydrogen-bond acceptors (Lipinski definition) is 3. The second-order valence-corrected chi connectivity index (χ2v) is 5.66. The molecule has 1 unspecified atom stereocenters. The molecular formula is C15H15BrClNO2. The Hall–Kier alpha value is -1.23. The summed E-state index contributed by atoms with van der Waals surface area (Å²) in [6.45, 7) is 0.653. The summed E-state index contributed by atoms with van der Waals surface area (Å²) in [5, 5.41) is 13.7. The average Bonchev–Trinajstić information content (AvgIpc) is 2.46. The minimum Gasteiger partial charge on any atom is -0.491 e. The van der Waals surface area contributed by atoms with Crippen molar-refractivity contribution in [1.82, 2.24) is 0 Å². The van der Waals surface area contributed by atoms with Crippen LogP contribution >= 0.6 is 27.5 Å². The SMILES string of the molecule is OC(CNc1ccc(Br)cc1)COc1ccc(Cl)cc1. The van der Waals surface area contributed by atoms with Crippen molar-refractivity contribution in [3.05, 3.63) is 58.0 Å². The quantitative estimate of drug-likeness (QED) is 0.823. The Morgan fingerprint density at radius 2 is 1.75 bits per heavy atom. The molecule has 3 nitrogen and oxygen atoms in total. The predicted molar refractivity (Wildman–Crippen MR) is 85.6 cm³/mol. The van der Waals surface area contributed by atoms with Gasteiger partial charge in [0.05, 0.1) is 0 Å². The first kappa shape index (κ1) is 15.2. The lowest BCUT2D eigenvalue weighted by molar-refractivity contribution is 0.117. The van der Waals surface area contributed by atoms with Crippen molar-refractivity contribution in [1.29, 1.82) is 0 Å². The van der Waals surface area contributed by atoms with Crippen molar-refractivity contribution in [2.24, 2.45) is 0 Å². The number of halogens is 2. The van der Waals surface area contributed by atoms with E-state index < -0.39 is 6.10 Å². The topological polar surface area (TPSA) is 41.5 Å². The highest BCUT2D eigenvalue weighted by atomic mass is 79.9. The number of anilines is 1. The second kappa shape index (κ2) is 7.53. The molecule has 0 spiro atoms. The highest BCUT2D eigenvalue weighted by Gasteiger charge is 2.05. The fourth-order valence-corrected chi connectivity index (χ4v) is 1.98. The molecule has 0 saturated heterocycles. The molecule has 0 aromatic heterocycles. The van der Waals surface area contributed by atoms with E-state index in [9.17, 15) is 5.11 Å². The largest absolute Gasteiger partial charge is 0.491 e. The second-order valence-electron chi connectivity index (χ2n) is 4.31. The van der Waals surface area contributed by atoms with Gasteiger partial charge in [0, 0.05) is 21.7 Å². The number of aliphatic hydroxyl groups excluding tert-OH is 1. The maximum Gasteiger partial charge on any atom is 0.119 e.